The quantitative estimate of drug-likeness (QED) is 0.350. The molecule has 26 heavy (non-hydrogen) atoms. The summed E-state index contributed by atoms with van der Waals surface area (Å²) in [7, 11) is 1.75. The van der Waals surface area contributed by atoms with Gasteiger partial charge in [-0.3, -0.25) is 4.99 Å². The summed E-state index contributed by atoms with van der Waals surface area (Å²) in [4.78, 5) is 4.22. The third-order valence-electron chi connectivity index (χ3n) is 3.78. The minimum absolute atomic E-state index is 0. The molecule has 6 nitrogen and oxygen atoms in total. The molecule has 0 fully saturated rings. The summed E-state index contributed by atoms with van der Waals surface area (Å²) in [5, 5.41) is 11.2. The van der Waals surface area contributed by atoms with E-state index in [1.807, 2.05) is 45.0 Å². The summed E-state index contributed by atoms with van der Waals surface area (Å²) in [6.45, 7) is 7.26. The minimum atomic E-state index is -0.0118. The van der Waals surface area contributed by atoms with Gasteiger partial charge in [0.15, 0.2) is 5.96 Å². The molecule has 0 amide bonds. The monoisotopic (exact) mass is 492 g/mol. The third-order valence-corrected chi connectivity index (χ3v) is 4.03. The standard InChI is InChI=1S/C18H25ClN4O2.HI/c1-12(24-16-7-5-15(19)6-8-16)11-22-18(20-4)21-10-9-17-13(2)23-25-14(17)3;/h5-8,12H,9-11H2,1-4H3,(H2,20,21,22);1H. The molecule has 0 saturated carbocycles. The molecule has 0 aliphatic heterocycles. The molecule has 2 aromatic rings. The molecule has 0 aliphatic rings. The maximum Gasteiger partial charge on any atom is 0.191 e. The van der Waals surface area contributed by atoms with Crippen LogP contribution < -0.4 is 15.4 Å². The number of hydrogen-bond donors (Lipinski definition) is 2. The van der Waals surface area contributed by atoms with E-state index < -0.39 is 0 Å². The lowest BCUT2D eigenvalue weighted by atomic mass is 10.1. The second kappa shape index (κ2) is 11.3. The number of nitrogens with one attached hydrogen (secondary N) is 2. The molecular weight excluding hydrogens is 467 g/mol. The van der Waals surface area contributed by atoms with Crippen molar-refractivity contribution >= 4 is 41.5 Å². The zero-order valence-electron chi connectivity index (χ0n) is 15.5. The van der Waals surface area contributed by atoms with Crippen LogP contribution in [0.3, 0.4) is 0 Å². The molecule has 8 heteroatoms. The fourth-order valence-electron chi connectivity index (χ4n) is 2.41. The van der Waals surface area contributed by atoms with Crippen LogP contribution in [0, 0.1) is 13.8 Å². The predicted molar refractivity (Wildman–Crippen MR) is 116 cm³/mol. The van der Waals surface area contributed by atoms with Crippen LogP contribution in [0.2, 0.25) is 5.02 Å². The van der Waals surface area contributed by atoms with Gasteiger partial charge in [0.05, 0.1) is 12.2 Å². The fraction of sp³-hybridized carbons (Fsp3) is 0.444. The zero-order chi connectivity index (χ0) is 18.2. The van der Waals surface area contributed by atoms with E-state index in [0.29, 0.717) is 11.6 Å². The molecule has 2 N–H and O–H groups in total. The molecule has 0 saturated heterocycles. The van der Waals surface area contributed by atoms with Gasteiger partial charge in [-0.05, 0) is 51.5 Å². The highest BCUT2D eigenvalue weighted by Crippen LogP contribution is 2.16. The molecule has 0 radical (unpaired) electrons. The molecule has 1 atom stereocenters. The Morgan fingerprint density at radius 1 is 1.27 bits per heavy atom. The number of ether oxygens (including phenoxy) is 1. The van der Waals surface area contributed by atoms with E-state index in [1.54, 1.807) is 7.05 Å². The van der Waals surface area contributed by atoms with E-state index in [4.69, 9.17) is 20.9 Å². The second-order valence-corrected chi connectivity index (χ2v) is 6.25. The molecular formula is C18H26ClIN4O2. The number of rotatable bonds is 7. The van der Waals surface area contributed by atoms with Gasteiger partial charge < -0.3 is 19.9 Å². The molecule has 0 spiro atoms. The van der Waals surface area contributed by atoms with Crippen LogP contribution in [-0.2, 0) is 6.42 Å². The van der Waals surface area contributed by atoms with Gasteiger partial charge in [-0.25, -0.2) is 0 Å². The van der Waals surface area contributed by atoms with Gasteiger partial charge in [-0.15, -0.1) is 24.0 Å². The average Bonchev–Trinajstić information content (AvgIpc) is 2.91. The topological polar surface area (TPSA) is 71.7 Å². The van der Waals surface area contributed by atoms with Gasteiger partial charge in [0, 0.05) is 24.2 Å². The van der Waals surface area contributed by atoms with Crippen molar-refractivity contribution in [1.29, 1.82) is 0 Å². The normalized spacial score (nSPS) is 12.3. The summed E-state index contributed by atoms with van der Waals surface area (Å²) < 4.78 is 11.0. The van der Waals surface area contributed by atoms with Gasteiger partial charge >= 0.3 is 0 Å². The number of nitrogens with zero attached hydrogens (tertiary/aromatic N) is 2. The van der Waals surface area contributed by atoms with E-state index in [1.165, 1.54) is 0 Å². The molecule has 0 aliphatic carbocycles. The summed E-state index contributed by atoms with van der Waals surface area (Å²) in [6, 6.07) is 7.34. The van der Waals surface area contributed by atoms with E-state index in [2.05, 4.69) is 20.8 Å². The van der Waals surface area contributed by atoms with Crippen molar-refractivity contribution in [2.75, 3.05) is 20.1 Å². The maximum absolute atomic E-state index is 5.87. The van der Waals surface area contributed by atoms with Crippen LogP contribution in [0.4, 0.5) is 0 Å². The maximum atomic E-state index is 5.87. The first-order chi connectivity index (χ1) is 12.0. The van der Waals surface area contributed by atoms with Gasteiger partial charge in [-0.1, -0.05) is 16.8 Å². The van der Waals surface area contributed by atoms with Crippen LogP contribution in [0.15, 0.2) is 33.8 Å². The van der Waals surface area contributed by atoms with E-state index in [-0.39, 0.29) is 30.1 Å². The van der Waals surface area contributed by atoms with Crippen molar-refractivity contribution in [3.05, 3.63) is 46.3 Å². The Hall–Kier alpha value is -1.48. The van der Waals surface area contributed by atoms with E-state index >= 15 is 0 Å². The van der Waals surface area contributed by atoms with Gasteiger partial charge in [0.25, 0.3) is 0 Å². The smallest absolute Gasteiger partial charge is 0.191 e. The number of halogens is 2. The number of benzene rings is 1. The third kappa shape index (κ3) is 7.03. The minimum Gasteiger partial charge on any atom is -0.489 e. The number of aromatic nitrogens is 1. The Kier molecular flexibility index (Phi) is 9.79. The van der Waals surface area contributed by atoms with Crippen LogP contribution in [0.25, 0.3) is 0 Å². The van der Waals surface area contributed by atoms with Crippen molar-refractivity contribution in [3.8, 4) is 5.75 Å². The van der Waals surface area contributed by atoms with Crippen molar-refractivity contribution in [3.63, 3.8) is 0 Å². The summed E-state index contributed by atoms with van der Waals surface area (Å²) in [5.74, 6) is 2.39. The lowest BCUT2D eigenvalue weighted by Gasteiger charge is -2.17. The van der Waals surface area contributed by atoms with Crippen LogP contribution >= 0.6 is 35.6 Å². The number of aliphatic imine (C=N–C) groups is 1. The van der Waals surface area contributed by atoms with Crippen LogP contribution in [0.5, 0.6) is 5.75 Å². The number of guanidine groups is 1. The lowest BCUT2D eigenvalue weighted by molar-refractivity contribution is 0.224. The molecule has 1 aromatic heterocycles. The molecule has 2 rings (SSSR count). The summed E-state index contributed by atoms with van der Waals surface area (Å²) in [6.07, 6.45) is 0.820. The fourth-order valence-corrected chi connectivity index (χ4v) is 2.54. The molecule has 0 bridgehead atoms. The number of aryl methyl sites for hydroxylation is 2. The van der Waals surface area contributed by atoms with E-state index in [9.17, 15) is 0 Å². The van der Waals surface area contributed by atoms with Crippen molar-refractivity contribution in [2.45, 2.75) is 33.3 Å². The number of hydrogen-bond acceptors (Lipinski definition) is 4. The highest BCUT2D eigenvalue weighted by Gasteiger charge is 2.09. The summed E-state index contributed by atoms with van der Waals surface area (Å²) >= 11 is 5.87. The second-order valence-electron chi connectivity index (χ2n) is 5.82. The SMILES string of the molecule is CN=C(NCCc1c(C)noc1C)NCC(C)Oc1ccc(Cl)cc1.I. The Labute approximate surface area is 176 Å². The Morgan fingerprint density at radius 3 is 2.54 bits per heavy atom. The van der Waals surface area contributed by atoms with Crippen LogP contribution in [-0.4, -0.2) is 37.4 Å². The predicted octanol–water partition coefficient (Wildman–Crippen LogP) is 3.74. The van der Waals surface area contributed by atoms with Crippen LogP contribution in [0.1, 0.15) is 23.9 Å². The molecule has 1 unspecified atom stereocenters. The van der Waals surface area contributed by atoms with Gasteiger partial charge in [0.1, 0.15) is 17.6 Å². The van der Waals surface area contributed by atoms with Crippen molar-refractivity contribution in [2.24, 2.45) is 4.99 Å². The first-order valence-corrected chi connectivity index (χ1v) is 8.66. The Morgan fingerprint density at radius 2 is 1.96 bits per heavy atom. The first-order valence-electron chi connectivity index (χ1n) is 8.28. The average molecular weight is 493 g/mol. The molecule has 1 heterocycles. The highest BCUT2D eigenvalue weighted by atomic mass is 127. The largest absolute Gasteiger partial charge is 0.489 e. The van der Waals surface area contributed by atoms with Gasteiger partial charge in [0.2, 0.25) is 0 Å². The Balaban J connectivity index is 0.00000338. The zero-order valence-corrected chi connectivity index (χ0v) is 18.6. The van der Waals surface area contributed by atoms with Crippen molar-refractivity contribution in [1.82, 2.24) is 15.8 Å². The van der Waals surface area contributed by atoms with Gasteiger partial charge in [-0.2, -0.15) is 0 Å². The summed E-state index contributed by atoms with van der Waals surface area (Å²) in [5.41, 5.74) is 2.08. The molecule has 144 valence electrons. The van der Waals surface area contributed by atoms with E-state index in [0.717, 1.165) is 41.7 Å². The Bertz CT molecular complexity index is 684. The highest BCUT2D eigenvalue weighted by molar-refractivity contribution is 14.0. The van der Waals surface area contributed by atoms with Crippen molar-refractivity contribution < 1.29 is 9.26 Å². The first kappa shape index (κ1) is 22.6. The molecule has 1 aromatic carbocycles. The lowest BCUT2D eigenvalue weighted by Crippen LogP contribution is -2.42.